The minimum atomic E-state index is -0.135. The Bertz CT molecular complexity index is 1560. The van der Waals surface area contributed by atoms with Gasteiger partial charge in [0.15, 0.2) is 5.11 Å². The number of carbonyl (C=O) groups is 1. The van der Waals surface area contributed by atoms with Crippen molar-refractivity contribution in [3.8, 4) is 5.69 Å². The first-order chi connectivity index (χ1) is 19.8. The van der Waals surface area contributed by atoms with E-state index in [4.69, 9.17) is 17.2 Å². The first kappa shape index (κ1) is 28.6. The number of rotatable bonds is 9. The number of nitrogens with zero attached hydrogens (tertiary/aromatic N) is 3. The summed E-state index contributed by atoms with van der Waals surface area (Å²) in [6.07, 6.45) is 3.96. The molecule has 0 spiro atoms. The molecule has 2 aromatic heterocycles. The second-order valence-corrected chi connectivity index (χ2v) is 11.1. The number of aryl methyl sites for hydroxylation is 4. The van der Waals surface area contributed by atoms with Crippen molar-refractivity contribution < 1.29 is 4.79 Å². The third-order valence-electron chi connectivity index (χ3n) is 8.16. The molecule has 41 heavy (non-hydrogen) atoms. The fourth-order valence-corrected chi connectivity index (χ4v) is 6.46. The third kappa shape index (κ3) is 5.64. The van der Waals surface area contributed by atoms with Gasteiger partial charge >= 0.3 is 0 Å². The molecule has 1 aliphatic heterocycles. The van der Waals surface area contributed by atoms with Crippen LogP contribution in [0.3, 0.4) is 0 Å². The lowest BCUT2D eigenvalue weighted by Crippen LogP contribution is -2.33. The highest BCUT2D eigenvalue weighted by molar-refractivity contribution is 7.80. The number of carbonyl (C=O) groups excluding carboxylic acids is 1. The van der Waals surface area contributed by atoms with Crippen LogP contribution < -0.4 is 10.6 Å². The molecule has 0 radical (unpaired) electrons. The maximum Gasteiger partial charge on any atom is 0.226 e. The lowest BCUT2D eigenvalue weighted by atomic mass is 9.96. The number of anilines is 1. The zero-order chi connectivity index (χ0) is 29.1. The number of nitrogens with one attached hydrogen (secondary N) is 2. The largest absolute Gasteiger partial charge is 0.352 e. The minimum absolute atomic E-state index is 0.0216. The summed E-state index contributed by atoms with van der Waals surface area (Å²) in [5.74, 6) is -0.0216. The zero-order valence-electron chi connectivity index (χ0n) is 24.6. The molecule has 0 unspecified atom stereocenters. The summed E-state index contributed by atoms with van der Waals surface area (Å²) in [6, 6.07) is 22.5. The number of hydrogen-bond donors (Lipinski definition) is 2. The van der Waals surface area contributed by atoms with Gasteiger partial charge in [-0.2, -0.15) is 0 Å². The van der Waals surface area contributed by atoms with Crippen LogP contribution in [0.5, 0.6) is 0 Å². The van der Waals surface area contributed by atoms with Crippen LogP contribution >= 0.6 is 12.2 Å². The minimum Gasteiger partial charge on any atom is -0.352 e. The number of benzene rings is 2. The highest BCUT2D eigenvalue weighted by Gasteiger charge is 2.41. The Morgan fingerprint density at radius 3 is 2.44 bits per heavy atom. The Labute approximate surface area is 248 Å². The topological polar surface area (TPSA) is 62.2 Å². The summed E-state index contributed by atoms with van der Waals surface area (Å²) < 4.78 is 2.38. The van der Waals surface area contributed by atoms with E-state index in [0.29, 0.717) is 18.1 Å². The molecule has 212 valence electrons. The van der Waals surface area contributed by atoms with Crippen molar-refractivity contribution >= 4 is 28.9 Å². The maximum absolute atomic E-state index is 13.1. The van der Waals surface area contributed by atoms with E-state index in [-0.39, 0.29) is 18.0 Å². The number of hydrogen-bond acceptors (Lipinski definition) is 3. The van der Waals surface area contributed by atoms with Gasteiger partial charge in [-0.25, -0.2) is 0 Å². The Morgan fingerprint density at radius 1 is 0.976 bits per heavy atom. The van der Waals surface area contributed by atoms with Gasteiger partial charge in [-0.1, -0.05) is 56.3 Å². The molecule has 1 fully saturated rings. The molecular weight excluding hydrogens is 526 g/mol. The van der Waals surface area contributed by atoms with Crippen LogP contribution in [0, 0.1) is 20.8 Å². The molecule has 2 N–H and O–H groups in total. The third-order valence-corrected chi connectivity index (χ3v) is 8.52. The van der Waals surface area contributed by atoms with Gasteiger partial charge in [-0.15, -0.1) is 0 Å². The standard InChI is InChI=1S/C34H39N5OS/c1-6-25-14-8-9-16-28(25)36-30(40)18-20-38-33(31(37-34(38)41)29-17-10-11-19-35-29)27-21-23(4)39(24(27)5)32-22(3)13-12-15-26(32)7-2/h8-17,19,21,31,33H,6-7,18,20H2,1-5H3,(H,36,40)(H,37,41)/t31-,33+/m1/s1. The van der Waals surface area contributed by atoms with Gasteiger partial charge in [0, 0.05) is 36.2 Å². The van der Waals surface area contributed by atoms with Crippen LogP contribution in [0.1, 0.15) is 71.7 Å². The van der Waals surface area contributed by atoms with E-state index in [1.807, 2.05) is 42.6 Å². The number of amides is 1. The average Bonchev–Trinajstić information content (AvgIpc) is 3.46. The Hall–Kier alpha value is -3.97. The van der Waals surface area contributed by atoms with Crippen molar-refractivity contribution in [1.29, 1.82) is 0 Å². The van der Waals surface area contributed by atoms with Crippen LogP contribution in [0.25, 0.3) is 5.69 Å². The molecular formula is C34H39N5OS. The summed E-state index contributed by atoms with van der Waals surface area (Å²) in [7, 11) is 0. The molecule has 0 aliphatic carbocycles. The van der Waals surface area contributed by atoms with E-state index in [0.717, 1.165) is 29.8 Å². The number of thiocarbonyl (C=S) groups is 1. The number of pyridine rings is 1. The highest BCUT2D eigenvalue weighted by atomic mass is 32.1. The van der Waals surface area contributed by atoms with E-state index >= 15 is 0 Å². The van der Waals surface area contributed by atoms with Crippen molar-refractivity contribution in [2.24, 2.45) is 0 Å². The van der Waals surface area contributed by atoms with Crippen molar-refractivity contribution in [2.75, 3.05) is 11.9 Å². The van der Waals surface area contributed by atoms with Crippen molar-refractivity contribution in [3.63, 3.8) is 0 Å². The lowest BCUT2D eigenvalue weighted by Gasteiger charge is -2.28. The molecule has 0 bridgehead atoms. The Morgan fingerprint density at radius 2 is 1.71 bits per heavy atom. The molecule has 6 nitrogen and oxygen atoms in total. The summed E-state index contributed by atoms with van der Waals surface area (Å²) in [6.45, 7) is 11.3. The van der Waals surface area contributed by atoms with Crippen LogP contribution in [-0.4, -0.2) is 32.0 Å². The van der Waals surface area contributed by atoms with Crippen molar-refractivity contribution in [3.05, 3.63) is 112 Å². The SMILES string of the molecule is CCc1ccccc1NC(=O)CCN1C(=S)N[C@H](c2ccccn2)[C@@H]1c1cc(C)n(-c2c(C)cccc2CC)c1C. The summed E-state index contributed by atoms with van der Waals surface area (Å²) in [4.78, 5) is 20.0. The number of aromatic nitrogens is 2. The summed E-state index contributed by atoms with van der Waals surface area (Å²) >= 11 is 5.90. The van der Waals surface area contributed by atoms with E-state index in [1.54, 1.807) is 0 Å². The van der Waals surface area contributed by atoms with E-state index < -0.39 is 0 Å². The number of para-hydroxylation sites is 2. The molecule has 0 saturated carbocycles. The molecule has 1 amide bonds. The van der Waals surface area contributed by atoms with Crippen LogP contribution in [0.2, 0.25) is 0 Å². The van der Waals surface area contributed by atoms with Gasteiger partial charge in [-0.05, 0) is 92.4 Å². The molecule has 3 heterocycles. The smallest absolute Gasteiger partial charge is 0.226 e. The van der Waals surface area contributed by atoms with E-state index in [1.165, 1.54) is 33.8 Å². The fourth-order valence-electron chi connectivity index (χ4n) is 6.13. The molecule has 4 aromatic rings. The van der Waals surface area contributed by atoms with Crippen molar-refractivity contribution in [2.45, 2.75) is 66.0 Å². The molecule has 2 atom stereocenters. The van der Waals surface area contributed by atoms with Crippen LogP contribution in [0.15, 0.2) is 72.9 Å². The molecule has 7 heteroatoms. The lowest BCUT2D eigenvalue weighted by molar-refractivity contribution is -0.116. The molecule has 1 saturated heterocycles. The molecule has 5 rings (SSSR count). The quantitative estimate of drug-likeness (QED) is 0.216. The summed E-state index contributed by atoms with van der Waals surface area (Å²) in [5, 5.41) is 7.30. The maximum atomic E-state index is 13.1. The second-order valence-electron chi connectivity index (χ2n) is 10.7. The second kappa shape index (κ2) is 12.3. The molecule has 1 aliphatic rings. The predicted octanol–water partition coefficient (Wildman–Crippen LogP) is 6.92. The van der Waals surface area contributed by atoms with Crippen molar-refractivity contribution in [1.82, 2.24) is 19.8 Å². The Kier molecular flexibility index (Phi) is 8.54. The van der Waals surface area contributed by atoms with Gasteiger partial charge in [-0.3, -0.25) is 9.78 Å². The van der Waals surface area contributed by atoms with Crippen LogP contribution in [0.4, 0.5) is 5.69 Å². The average molecular weight is 566 g/mol. The van der Waals surface area contributed by atoms with Crippen LogP contribution in [-0.2, 0) is 17.6 Å². The highest BCUT2D eigenvalue weighted by Crippen LogP contribution is 2.42. The van der Waals surface area contributed by atoms with E-state index in [2.05, 4.69) is 85.1 Å². The van der Waals surface area contributed by atoms with E-state index in [9.17, 15) is 4.79 Å². The fraction of sp³-hybridized carbons (Fsp3) is 0.324. The molecule has 2 aromatic carbocycles. The predicted molar refractivity (Wildman–Crippen MR) is 171 cm³/mol. The van der Waals surface area contributed by atoms with Gasteiger partial charge in [0.1, 0.15) is 0 Å². The normalized spacial score (nSPS) is 16.6. The first-order valence-electron chi connectivity index (χ1n) is 14.5. The Balaban J connectivity index is 1.50. The first-order valence-corrected chi connectivity index (χ1v) is 14.9. The monoisotopic (exact) mass is 565 g/mol. The van der Waals surface area contributed by atoms with Gasteiger partial charge < -0.3 is 20.1 Å². The van der Waals surface area contributed by atoms with Gasteiger partial charge in [0.2, 0.25) is 5.91 Å². The zero-order valence-corrected chi connectivity index (χ0v) is 25.4. The van der Waals surface area contributed by atoms with Gasteiger partial charge in [0.05, 0.1) is 23.5 Å². The van der Waals surface area contributed by atoms with Gasteiger partial charge in [0.25, 0.3) is 0 Å². The summed E-state index contributed by atoms with van der Waals surface area (Å²) in [5.41, 5.74) is 10.3.